The van der Waals surface area contributed by atoms with Crippen molar-refractivity contribution < 1.29 is 0 Å². The SMILES string of the molecule is Nc1nc(Br)c2c(n1)N=CC2. The van der Waals surface area contributed by atoms with Gasteiger partial charge in [0.05, 0.1) is 0 Å². The Morgan fingerprint density at radius 1 is 1.45 bits per heavy atom. The van der Waals surface area contributed by atoms with Crippen molar-refractivity contribution >= 4 is 33.9 Å². The Kier molecular flexibility index (Phi) is 1.38. The lowest BCUT2D eigenvalue weighted by Crippen LogP contribution is -1.97. The summed E-state index contributed by atoms with van der Waals surface area (Å²) in [6.07, 6.45) is 2.58. The average Bonchev–Trinajstić information content (AvgIpc) is 2.34. The Hall–Kier alpha value is -0.970. The van der Waals surface area contributed by atoms with Crippen LogP contribution in [0.15, 0.2) is 9.60 Å². The number of nitrogens with two attached hydrogens (primary N) is 1. The van der Waals surface area contributed by atoms with Gasteiger partial charge in [0.15, 0.2) is 5.82 Å². The molecular formula is C6H5BrN4. The van der Waals surface area contributed by atoms with E-state index in [0.717, 1.165) is 16.6 Å². The zero-order valence-corrected chi connectivity index (χ0v) is 7.17. The molecule has 0 saturated heterocycles. The fraction of sp³-hybridized carbons (Fsp3) is 0.167. The van der Waals surface area contributed by atoms with E-state index in [1.807, 2.05) is 0 Å². The summed E-state index contributed by atoms with van der Waals surface area (Å²) in [6, 6.07) is 0. The van der Waals surface area contributed by atoms with Crippen molar-refractivity contribution in [1.82, 2.24) is 9.97 Å². The molecule has 11 heavy (non-hydrogen) atoms. The summed E-state index contributed by atoms with van der Waals surface area (Å²) in [5.74, 6) is 0.944. The summed E-state index contributed by atoms with van der Waals surface area (Å²) in [7, 11) is 0. The van der Waals surface area contributed by atoms with E-state index < -0.39 is 0 Å². The third-order valence-corrected chi connectivity index (χ3v) is 2.12. The van der Waals surface area contributed by atoms with Crippen LogP contribution in [0, 0.1) is 0 Å². The molecule has 56 valence electrons. The van der Waals surface area contributed by atoms with E-state index in [2.05, 4.69) is 30.9 Å². The van der Waals surface area contributed by atoms with Crippen molar-refractivity contribution in [3.05, 3.63) is 10.2 Å². The molecule has 0 aromatic carbocycles. The molecule has 0 saturated carbocycles. The molecule has 0 unspecified atom stereocenters. The van der Waals surface area contributed by atoms with Gasteiger partial charge in [-0.3, -0.25) is 0 Å². The van der Waals surface area contributed by atoms with E-state index in [1.165, 1.54) is 0 Å². The number of hydrogen-bond donors (Lipinski definition) is 1. The van der Waals surface area contributed by atoms with E-state index in [0.29, 0.717) is 5.82 Å². The first kappa shape index (κ1) is 6.72. The van der Waals surface area contributed by atoms with Gasteiger partial charge < -0.3 is 5.73 Å². The van der Waals surface area contributed by atoms with Crippen LogP contribution in [-0.2, 0) is 6.42 Å². The van der Waals surface area contributed by atoms with E-state index >= 15 is 0 Å². The number of rotatable bonds is 0. The van der Waals surface area contributed by atoms with Gasteiger partial charge in [-0.1, -0.05) is 0 Å². The average molecular weight is 213 g/mol. The highest BCUT2D eigenvalue weighted by Crippen LogP contribution is 2.27. The smallest absolute Gasteiger partial charge is 0.223 e. The third kappa shape index (κ3) is 1.01. The second-order valence-corrected chi connectivity index (χ2v) is 2.94. The molecular weight excluding hydrogens is 208 g/mol. The predicted molar refractivity (Wildman–Crippen MR) is 46.0 cm³/mol. The van der Waals surface area contributed by atoms with E-state index in [-0.39, 0.29) is 5.95 Å². The molecule has 5 heteroatoms. The number of nitrogens with zero attached hydrogens (tertiary/aromatic N) is 3. The lowest BCUT2D eigenvalue weighted by Gasteiger charge is -1.99. The molecule has 0 fully saturated rings. The van der Waals surface area contributed by atoms with Crippen molar-refractivity contribution in [3.63, 3.8) is 0 Å². The molecule has 2 N–H and O–H groups in total. The molecule has 0 bridgehead atoms. The lowest BCUT2D eigenvalue weighted by atomic mass is 10.3. The Morgan fingerprint density at radius 2 is 2.27 bits per heavy atom. The van der Waals surface area contributed by atoms with Crippen LogP contribution < -0.4 is 5.73 Å². The number of fused-ring (bicyclic) bond motifs is 1. The van der Waals surface area contributed by atoms with E-state index in [4.69, 9.17) is 5.73 Å². The van der Waals surface area contributed by atoms with Crippen molar-refractivity contribution in [2.75, 3.05) is 5.73 Å². The van der Waals surface area contributed by atoms with Gasteiger partial charge in [-0.15, -0.1) is 0 Å². The zero-order valence-electron chi connectivity index (χ0n) is 5.58. The van der Waals surface area contributed by atoms with Crippen LogP contribution in [0.4, 0.5) is 11.8 Å². The predicted octanol–water partition coefficient (Wildman–Crippen LogP) is 1.08. The molecule has 0 amide bonds. The maximum atomic E-state index is 5.41. The molecule has 1 aliphatic rings. The molecule has 0 spiro atoms. The highest BCUT2D eigenvalue weighted by Gasteiger charge is 2.13. The molecule has 1 aromatic rings. The quantitative estimate of drug-likeness (QED) is 0.655. The maximum absolute atomic E-state index is 5.41. The van der Waals surface area contributed by atoms with Crippen LogP contribution in [0.1, 0.15) is 5.56 Å². The van der Waals surface area contributed by atoms with Crippen LogP contribution in [0.5, 0.6) is 0 Å². The van der Waals surface area contributed by atoms with Gasteiger partial charge in [0.25, 0.3) is 0 Å². The van der Waals surface area contributed by atoms with Crippen LogP contribution in [0.3, 0.4) is 0 Å². The van der Waals surface area contributed by atoms with Crippen molar-refractivity contribution in [3.8, 4) is 0 Å². The topological polar surface area (TPSA) is 64.2 Å². The molecule has 0 aliphatic carbocycles. The summed E-state index contributed by atoms with van der Waals surface area (Å²) in [6.45, 7) is 0. The molecule has 1 aromatic heterocycles. The maximum Gasteiger partial charge on any atom is 0.223 e. The Labute approximate surface area is 71.7 Å². The van der Waals surface area contributed by atoms with Crippen LogP contribution in [0.2, 0.25) is 0 Å². The largest absolute Gasteiger partial charge is 0.368 e. The highest BCUT2D eigenvalue weighted by molar-refractivity contribution is 9.10. The minimum absolute atomic E-state index is 0.259. The second-order valence-electron chi connectivity index (χ2n) is 2.19. The number of halogens is 1. The van der Waals surface area contributed by atoms with Gasteiger partial charge in [0.1, 0.15) is 4.60 Å². The minimum Gasteiger partial charge on any atom is -0.368 e. The second kappa shape index (κ2) is 2.27. The van der Waals surface area contributed by atoms with E-state index in [9.17, 15) is 0 Å². The molecule has 2 heterocycles. The number of aromatic nitrogens is 2. The van der Waals surface area contributed by atoms with Gasteiger partial charge in [-0.25, -0.2) is 9.98 Å². The number of nitrogen functional groups attached to an aromatic ring is 1. The number of hydrogen-bond acceptors (Lipinski definition) is 4. The minimum atomic E-state index is 0.259. The summed E-state index contributed by atoms with van der Waals surface area (Å²) >= 11 is 3.29. The summed E-state index contributed by atoms with van der Waals surface area (Å²) in [5.41, 5.74) is 6.42. The Morgan fingerprint density at radius 3 is 3.09 bits per heavy atom. The van der Waals surface area contributed by atoms with Gasteiger partial charge in [0.2, 0.25) is 5.95 Å². The zero-order chi connectivity index (χ0) is 7.84. The molecule has 4 nitrogen and oxygen atoms in total. The van der Waals surface area contributed by atoms with Crippen molar-refractivity contribution in [1.29, 1.82) is 0 Å². The van der Waals surface area contributed by atoms with E-state index in [1.54, 1.807) is 6.21 Å². The van der Waals surface area contributed by atoms with Crippen molar-refractivity contribution in [2.24, 2.45) is 4.99 Å². The fourth-order valence-corrected chi connectivity index (χ4v) is 1.49. The summed E-state index contributed by atoms with van der Waals surface area (Å²) in [4.78, 5) is 11.9. The van der Waals surface area contributed by atoms with Crippen LogP contribution in [-0.4, -0.2) is 16.2 Å². The number of anilines is 1. The first-order valence-electron chi connectivity index (χ1n) is 3.12. The monoisotopic (exact) mass is 212 g/mol. The van der Waals surface area contributed by atoms with Gasteiger partial charge in [-0.05, 0) is 15.9 Å². The highest BCUT2D eigenvalue weighted by atomic mass is 79.9. The Bertz CT molecular complexity index is 334. The van der Waals surface area contributed by atoms with Crippen LogP contribution >= 0.6 is 15.9 Å². The van der Waals surface area contributed by atoms with Crippen LogP contribution in [0.25, 0.3) is 0 Å². The molecule has 2 rings (SSSR count). The standard InChI is InChI=1S/C6H5BrN4/c7-4-3-1-2-9-5(3)11-6(8)10-4/h2H,1H2,(H2,8,10,11). The lowest BCUT2D eigenvalue weighted by molar-refractivity contribution is 1.11. The van der Waals surface area contributed by atoms with Crippen molar-refractivity contribution in [2.45, 2.75) is 6.42 Å². The normalized spacial score (nSPS) is 13.5. The number of aliphatic imine (C=N–C) groups is 1. The molecule has 0 atom stereocenters. The van der Waals surface area contributed by atoms with Gasteiger partial charge >= 0.3 is 0 Å². The summed E-state index contributed by atoms with van der Waals surface area (Å²) < 4.78 is 0.748. The first-order valence-corrected chi connectivity index (χ1v) is 3.91. The Balaban J connectivity index is 2.66. The molecule has 0 radical (unpaired) electrons. The van der Waals surface area contributed by atoms with Gasteiger partial charge in [-0.2, -0.15) is 4.98 Å². The third-order valence-electron chi connectivity index (χ3n) is 1.46. The first-order chi connectivity index (χ1) is 5.27. The van der Waals surface area contributed by atoms with Gasteiger partial charge in [0, 0.05) is 18.2 Å². The molecule has 1 aliphatic heterocycles. The summed E-state index contributed by atoms with van der Waals surface area (Å²) in [5, 5.41) is 0. The fourth-order valence-electron chi connectivity index (χ4n) is 0.967.